The van der Waals surface area contributed by atoms with Crippen LogP contribution in [0.3, 0.4) is 0 Å². The Labute approximate surface area is 113 Å². The highest BCUT2D eigenvalue weighted by molar-refractivity contribution is 5.82. The highest BCUT2D eigenvalue weighted by Gasteiger charge is 2.26. The van der Waals surface area contributed by atoms with Crippen LogP contribution in [0.2, 0.25) is 0 Å². The van der Waals surface area contributed by atoms with Crippen molar-refractivity contribution in [2.24, 2.45) is 11.8 Å². The molecule has 5 nitrogen and oxygen atoms in total. The van der Waals surface area contributed by atoms with E-state index in [2.05, 4.69) is 10.1 Å². The Hall–Kier alpha value is -1.23. The molecule has 2 rings (SSSR count). The van der Waals surface area contributed by atoms with Crippen LogP contribution in [0.15, 0.2) is 4.52 Å². The monoisotopic (exact) mass is 266 g/mol. The summed E-state index contributed by atoms with van der Waals surface area (Å²) in [7, 11) is 1.63. The van der Waals surface area contributed by atoms with Crippen molar-refractivity contribution < 1.29 is 14.1 Å². The lowest BCUT2D eigenvalue weighted by Gasteiger charge is -2.14. The lowest BCUT2D eigenvalue weighted by atomic mass is 10.0. The molecule has 1 unspecified atom stereocenters. The first-order chi connectivity index (χ1) is 9.11. The molecule has 5 heteroatoms. The molecule has 19 heavy (non-hydrogen) atoms. The van der Waals surface area contributed by atoms with Gasteiger partial charge in [0.15, 0.2) is 0 Å². The number of ether oxygens (including phenoxy) is 1. The van der Waals surface area contributed by atoms with Crippen molar-refractivity contribution in [3.8, 4) is 0 Å². The second-order valence-corrected chi connectivity index (χ2v) is 5.57. The minimum atomic E-state index is -0.181. The Kier molecular flexibility index (Phi) is 4.69. The van der Waals surface area contributed by atoms with E-state index < -0.39 is 0 Å². The van der Waals surface area contributed by atoms with Gasteiger partial charge in [0.1, 0.15) is 11.9 Å². The van der Waals surface area contributed by atoms with Crippen LogP contribution in [-0.4, -0.2) is 23.0 Å². The molecule has 0 spiro atoms. The van der Waals surface area contributed by atoms with Gasteiger partial charge in [-0.3, -0.25) is 4.79 Å². The lowest BCUT2D eigenvalue weighted by Crippen LogP contribution is -2.14. The van der Waals surface area contributed by atoms with Gasteiger partial charge in [0.2, 0.25) is 11.7 Å². The van der Waals surface area contributed by atoms with Crippen LogP contribution in [0.25, 0.3) is 0 Å². The minimum Gasteiger partial charge on any atom is -0.373 e. The van der Waals surface area contributed by atoms with E-state index in [9.17, 15) is 4.79 Å². The van der Waals surface area contributed by atoms with E-state index in [-0.39, 0.29) is 30.1 Å². The Morgan fingerprint density at radius 3 is 2.68 bits per heavy atom. The van der Waals surface area contributed by atoms with E-state index >= 15 is 0 Å². The molecule has 0 N–H and O–H groups in total. The molecule has 1 aromatic rings. The van der Waals surface area contributed by atoms with E-state index in [1.165, 1.54) is 0 Å². The molecule has 1 aliphatic rings. The predicted molar refractivity (Wildman–Crippen MR) is 69.6 cm³/mol. The second-order valence-electron chi connectivity index (χ2n) is 5.57. The predicted octanol–water partition coefficient (Wildman–Crippen LogP) is 2.71. The van der Waals surface area contributed by atoms with Crippen molar-refractivity contribution in [2.45, 2.75) is 52.1 Å². The standard InChI is InChI=1S/C14H22N2O3/c1-9(2)13(18-3)14-15-12(19-16-14)8-11(17)10-6-4-5-7-10/h9-10,13H,4-8H2,1-3H3. The summed E-state index contributed by atoms with van der Waals surface area (Å²) in [6, 6.07) is 0. The zero-order valence-corrected chi connectivity index (χ0v) is 11.9. The summed E-state index contributed by atoms with van der Waals surface area (Å²) in [5.74, 6) is 1.63. The fraction of sp³-hybridized carbons (Fsp3) is 0.786. The van der Waals surface area contributed by atoms with E-state index in [1.54, 1.807) is 7.11 Å². The number of Topliss-reactive ketones (excluding diaryl/α,β-unsaturated/α-hetero) is 1. The van der Waals surface area contributed by atoms with E-state index in [0.717, 1.165) is 25.7 Å². The number of carbonyl (C=O) groups is 1. The van der Waals surface area contributed by atoms with Gasteiger partial charge in [-0.05, 0) is 18.8 Å². The van der Waals surface area contributed by atoms with Crippen molar-refractivity contribution in [1.82, 2.24) is 10.1 Å². The molecule has 1 heterocycles. The van der Waals surface area contributed by atoms with Gasteiger partial charge in [0.25, 0.3) is 0 Å². The maximum Gasteiger partial charge on any atom is 0.234 e. The molecular weight excluding hydrogens is 244 g/mol. The number of rotatable bonds is 6. The number of hydrogen-bond donors (Lipinski definition) is 0. The van der Waals surface area contributed by atoms with Crippen LogP contribution in [0.4, 0.5) is 0 Å². The molecule has 0 amide bonds. The first kappa shape index (κ1) is 14.2. The first-order valence-corrected chi connectivity index (χ1v) is 6.99. The summed E-state index contributed by atoms with van der Waals surface area (Å²) < 4.78 is 10.5. The second kappa shape index (κ2) is 6.28. The van der Waals surface area contributed by atoms with E-state index in [0.29, 0.717) is 11.7 Å². The molecule has 0 saturated heterocycles. The summed E-state index contributed by atoms with van der Waals surface area (Å²) in [6.45, 7) is 4.07. The Bertz CT molecular complexity index is 422. The van der Waals surface area contributed by atoms with Gasteiger partial charge in [0, 0.05) is 13.0 Å². The summed E-state index contributed by atoms with van der Waals surface area (Å²) in [5, 5.41) is 3.92. The van der Waals surface area contributed by atoms with Crippen LogP contribution in [0.1, 0.15) is 57.3 Å². The Morgan fingerprint density at radius 1 is 1.42 bits per heavy atom. The number of ketones is 1. The highest BCUT2D eigenvalue weighted by atomic mass is 16.5. The van der Waals surface area contributed by atoms with Crippen LogP contribution in [0, 0.1) is 11.8 Å². The molecule has 106 valence electrons. The molecular formula is C14H22N2O3. The third-order valence-corrected chi connectivity index (χ3v) is 3.73. The molecule has 0 aliphatic heterocycles. The fourth-order valence-electron chi connectivity index (χ4n) is 2.67. The van der Waals surface area contributed by atoms with Gasteiger partial charge in [-0.2, -0.15) is 4.98 Å². The van der Waals surface area contributed by atoms with Gasteiger partial charge < -0.3 is 9.26 Å². The Morgan fingerprint density at radius 2 is 2.11 bits per heavy atom. The van der Waals surface area contributed by atoms with Crippen molar-refractivity contribution in [1.29, 1.82) is 0 Å². The molecule has 0 bridgehead atoms. The Balaban J connectivity index is 1.98. The third kappa shape index (κ3) is 3.41. The van der Waals surface area contributed by atoms with Gasteiger partial charge in [-0.15, -0.1) is 0 Å². The summed E-state index contributed by atoms with van der Waals surface area (Å²) >= 11 is 0. The number of nitrogens with zero attached hydrogens (tertiary/aromatic N) is 2. The smallest absolute Gasteiger partial charge is 0.234 e. The largest absolute Gasteiger partial charge is 0.373 e. The van der Waals surface area contributed by atoms with Crippen LogP contribution in [0.5, 0.6) is 0 Å². The average molecular weight is 266 g/mol. The topological polar surface area (TPSA) is 65.2 Å². The summed E-state index contributed by atoms with van der Waals surface area (Å²) in [6.07, 6.45) is 4.40. The number of hydrogen-bond acceptors (Lipinski definition) is 5. The zero-order chi connectivity index (χ0) is 13.8. The molecule has 1 atom stereocenters. The van der Waals surface area contributed by atoms with Crippen molar-refractivity contribution >= 4 is 5.78 Å². The fourth-order valence-corrected chi connectivity index (χ4v) is 2.67. The van der Waals surface area contributed by atoms with Gasteiger partial charge in [-0.25, -0.2) is 0 Å². The summed E-state index contributed by atoms with van der Waals surface area (Å²) in [4.78, 5) is 16.3. The first-order valence-electron chi connectivity index (χ1n) is 6.99. The molecule has 0 radical (unpaired) electrons. The lowest BCUT2D eigenvalue weighted by molar-refractivity contribution is -0.122. The van der Waals surface area contributed by atoms with Crippen molar-refractivity contribution in [3.05, 3.63) is 11.7 Å². The van der Waals surface area contributed by atoms with Crippen molar-refractivity contribution in [3.63, 3.8) is 0 Å². The van der Waals surface area contributed by atoms with E-state index in [1.807, 2.05) is 13.8 Å². The van der Waals surface area contributed by atoms with Gasteiger partial charge in [0.05, 0.1) is 6.42 Å². The molecule has 0 aromatic carbocycles. The number of carbonyl (C=O) groups excluding carboxylic acids is 1. The minimum absolute atomic E-state index is 0.181. The molecule has 1 fully saturated rings. The van der Waals surface area contributed by atoms with Gasteiger partial charge in [-0.1, -0.05) is 31.8 Å². The summed E-state index contributed by atoms with van der Waals surface area (Å²) in [5.41, 5.74) is 0. The highest BCUT2D eigenvalue weighted by Crippen LogP contribution is 2.27. The third-order valence-electron chi connectivity index (χ3n) is 3.73. The van der Waals surface area contributed by atoms with Crippen molar-refractivity contribution in [2.75, 3.05) is 7.11 Å². The maximum absolute atomic E-state index is 12.0. The molecule has 1 saturated carbocycles. The maximum atomic E-state index is 12.0. The van der Waals surface area contributed by atoms with Crippen LogP contribution in [-0.2, 0) is 16.0 Å². The number of methoxy groups -OCH3 is 1. The molecule has 1 aliphatic carbocycles. The van der Waals surface area contributed by atoms with Crippen LogP contribution >= 0.6 is 0 Å². The molecule has 1 aromatic heterocycles. The number of aromatic nitrogens is 2. The zero-order valence-electron chi connectivity index (χ0n) is 11.9. The van der Waals surface area contributed by atoms with E-state index in [4.69, 9.17) is 9.26 Å². The normalized spacial score (nSPS) is 18.1. The SMILES string of the molecule is COC(c1noc(CC(=O)C2CCCC2)n1)C(C)C. The van der Waals surface area contributed by atoms with Crippen LogP contribution < -0.4 is 0 Å². The quantitative estimate of drug-likeness (QED) is 0.792. The van der Waals surface area contributed by atoms with Gasteiger partial charge >= 0.3 is 0 Å². The average Bonchev–Trinajstić information content (AvgIpc) is 3.00.